The zero-order valence-corrected chi connectivity index (χ0v) is 19.4. The van der Waals surface area contributed by atoms with Crippen LogP contribution >= 0.6 is 0 Å². The van der Waals surface area contributed by atoms with Crippen molar-refractivity contribution in [3.05, 3.63) is 70.3 Å². The number of carbonyl (C=O) groups excluding carboxylic acids is 3. The van der Waals surface area contributed by atoms with Gasteiger partial charge in [0, 0.05) is 50.3 Å². The van der Waals surface area contributed by atoms with Crippen LogP contribution in [0, 0.1) is 0 Å². The van der Waals surface area contributed by atoms with Crippen molar-refractivity contribution in [3.63, 3.8) is 0 Å². The molecule has 0 spiro atoms. The van der Waals surface area contributed by atoms with E-state index in [1.54, 1.807) is 30.0 Å². The van der Waals surface area contributed by atoms with Gasteiger partial charge in [-0.25, -0.2) is 0 Å². The van der Waals surface area contributed by atoms with E-state index in [1.807, 2.05) is 12.1 Å². The van der Waals surface area contributed by atoms with Gasteiger partial charge in [-0.2, -0.15) is 0 Å². The quantitative estimate of drug-likeness (QED) is 0.513. The van der Waals surface area contributed by atoms with Crippen LogP contribution in [0.5, 0.6) is 0 Å². The molecule has 3 amide bonds. The first kappa shape index (κ1) is 23.9. The van der Waals surface area contributed by atoms with E-state index in [4.69, 9.17) is 5.73 Å². The lowest BCUT2D eigenvalue weighted by Crippen LogP contribution is -2.49. The Morgan fingerprint density at radius 3 is 2.53 bits per heavy atom. The molecule has 0 aromatic heterocycles. The number of nitrogens with two attached hydrogens (primary N) is 1. The van der Waals surface area contributed by atoms with Crippen LogP contribution in [-0.2, 0) is 17.8 Å². The predicted molar refractivity (Wildman–Crippen MR) is 128 cm³/mol. The SMILES string of the molecule is CC(=O)N1CCC(c2cc(C(=O)NC[C@@H](O)[C@@H]3Cc4ccccc4CN3)ccc2C(N)=O)CC1. The monoisotopic (exact) mass is 464 g/mol. The smallest absolute Gasteiger partial charge is 0.251 e. The Morgan fingerprint density at radius 2 is 1.85 bits per heavy atom. The number of likely N-dealkylation sites (tertiary alicyclic amines) is 1. The summed E-state index contributed by atoms with van der Waals surface area (Å²) >= 11 is 0. The first-order chi connectivity index (χ1) is 16.3. The second-order valence-electron chi connectivity index (χ2n) is 9.18. The van der Waals surface area contributed by atoms with E-state index in [9.17, 15) is 19.5 Å². The number of nitrogens with zero attached hydrogens (tertiary/aromatic N) is 1. The molecule has 8 heteroatoms. The van der Waals surface area contributed by atoms with Gasteiger partial charge in [0.25, 0.3) is 5.91 Å². The number of aliphatic hydroxyl groups excluding tert-OH is 1. The summed E-state index contributed by atoms with van der Waals surface area (Å²) in [4.78, 5) is 38.3. The van der Waals surface area contributed by atoms with Crippen LogP contribution in [0.2, 0.25) is 0 Å². The number of aliphatic hydroxyl groups is 1. The van der Waals surface area contributed by atoms with Crippen molar-refractivity contribution >= 4 is 17.7 Å². The zero-order valence-electron chi connectivity index (χ0n) is 19.4. The number of primary amides is 1. The van der Waals surface area contributed by atoms with E-state index >= 15 is 0 Å². The van der Waals surface area contributed by atoms with Crippen molar-refractivity contribution in [1.29, 1.82) is 0 Å². The fourth-order valence-electron chi connectivity index (χ4n) is 4.96. The molecule has 0 aliphatic carbocycles. The maximum atomic E-state index is 12.9. The third-order valence-corrected chi connectivity index (χ3v) is 7.01. The average Bonchev–Trinajstić information content (AvgIpc) is 2.86. The molecule has 2 atom stereocenters. The minimum atomic E-state index is -0.738. The Balaban J connectivity index is 1.40. The fraction of sp³-hybridized carbons (Fsp3) is 0.423. The van der Waals surface area contributed by atoms with Gasteiger partial charge < -0.3 is 26.4 Å². The lowest BCUT2D eigenvalue weighted by atomic mass is 9.85. The highest BCUT2D eigenvalue weighted by molar-refractivity contribution is 5.98. The highest BCUT2D eigenvalue weighted by Gasteiger charge is 2.27. The van der Waals surface area contributed by atoms with Gasteiger partial charge in [0.2, 0.25) is 11.8 Å². The van der Waals surface area contributed by atoms with Gasteiger partial charge in [0.1, 0.15) is 0 Å². The predicted octanol–water partition coefficient (Wildman–Crippen LogP) is 1.32. The molecular formula is C26H32N4O4. The number of amides is 3. The number of rotatable bonds is 6. The topological polar surface area (TPSA) is 125 Å². The van der Waals surface area contributed by atoms with Crippen molar-refractivity contribution < 1.29 is 19.5 Å². The van der Waals surface area contributed by atoms with Gasteiger partial charge in [0.05, 0.1) is 6.10 Å². The summed E-state index contributed by atoms with van der Waals surface area (Å²) in [5, 5.41) is 16.8. The lowest BCUT2D eigenvalue weighted by Gasteiger charge is -2.32. The molecule has 2 heterocycles. The standard InChI is InChI=1S/C26H32N4O4/c1-16(31)30-10-8-17(9-11-30)22-12-19(6-7-21(22)25(27)33)26(34)29-15-24(32)23-13-18-4-2-3-5-20(18)14-28-23/h2-7,12,17,23-24,28,32H,8-11,13-15H2,1H3,(H2,27,33)(H,29,34)/t23-,24+/m0/s1. The zero-order chi connectivity index (χ0) is 24.2. The van der Waals surface area contributed by atoms with E-state index in [0.29, 0.717) is 50.0 Å². The highest BCUT2D eigenvalue weighted by atomic mass is 16.3. The number of benzene rings is 2. The number of hydrogen-bond donors (Lipinski definition) is 4. The van der Waals surface area contributed by atoms with Crippen molar-refractivity contribution in [2.24, 2.45) is 5.73 Å². The molecule has 2 aromatic carbocycles. The molecule has 0 bridgehead atoms. The average molecular weight is 465 g/mol. The Bertz CT molecular complexity index is 1080. The summed E-state index contributed by atoms with van der Waals surface area (Å²) < 4.78 is 0. The number of fused-ring (bicyclic) bond motifs is 1. The summed E-state index contributed by atoms with van der Waals surface area (Å²) in [5.41, 5.74) is 9.60. The van der Waals surface area contributed by atoms with Crippen LogP contribution in [0.25, 0.3) is 0 Å². The van der Waals surface area contributed by atoms with E-state index in [0.717, 1.165) is 5.56 Å². The molecule has 0 saturated carbocycles. The summed E-state index contributed by atoms with van der Waals surface area (Å²) in [6.45, 7) is 3.57. The molecule has 5 N–H and O–H groups in total. The highest BCUT2D eigenvalue weighted by Crippen LogP contribution is 2.31. The molecule has 8 nitrogen and oxygen atoms in total. The van der Waals surface area contributed by atoms with Crippen molar-refractivity contribution in [2.75, 3.05) is 19.6 Å². The van der Waals surface area contributed by atoms with Crippen molar-refractivity contribution in [2.45, 2.75) is 50.8 Å². The maximum absolute atomic E-state index is 12.9. The minimum absolute atomic E-state index is 0.0382. The van der Waals surface area contributed by atoms with Crippen LogP contribution in [0.1, 0.15) is 63.1 Å². The van der Waals surface area contributed by atoms with Gasteiger partial charge in [-0.05, 0) is 60.1 Å². The van der Waals surface area contributed by atoms with Gasteiger partial charge in [-0.1, -0.05) is 24.3 Å². The normalized spacial score (nSPS) is 19.2. The molecule has 1 fully saturated rings. The van der Waals surface area contributed by atoms with E-state index in [2.05, 4.69) is 22.8 Å². The van der Waals surface area contributed by atoms with Crippen LogP contribution in [0.3, 0.4) is 0 Å². The van der Waals surface area contributed by atoms with Gasteiger partial charge in [-0.15, -0.1) is 0 Å². The van der Waals surface area contributed by atoms with Gasteiger partial charge in [0.15, 0.2) is 0 Å². The molecule has 0 unspecified atom stereocenters. The summed E-state index contributed by atoms with van der Waals surface area (Å²) in [6.07, 6.45) is 1.37. The second kappa shape index (κ2) is 10.4. The molecule has 2 aromatic rings. The molecular weight excluding hydrogens is 432 g/mol. The Hall–Kier alpha value is -3.23. The van der Waals surface area contributed by atoms with Crippen LogP contribution in [0.15, 0.2) is 42.5 Å². The lowest BCUT2D eigenvalue weighted by molar-refractivity contribution is -0.129. The molecule has 34 heavy (non-hydrogen) atoms. The second-order valence-corrected chi connectivity index (χ2v) is 9.18. The molecule has 2 aliphatic rings. The number of piperidine rings is 1. The third kappa shape index (κ3) is 5.29. The number of nitrogens with one attached hydrogen (secondary N) is 2. The summed E-state index contributed by atoms with van der Waals surface area (Å²) in [7, 11) is 0. The molecule has 1 saturated heterocycles. The van der Waals surface area contributed by atoms with Crippen LogP contribution in [0.4, 0.5) is 0 Å². The minimum Gasteiger partial charge on any atom is -0.390 e. The molecule has 0 radical (unpaired) electrons. The van der Waals surface area contributed by atoms with E-state index in [-0.39, 0.29) is 30.3 Å². The Kier molecular flexibility index (Phi) is 7.29. The number of carbonyl (C=O) groups is 3. The van der Waals surface area contributed by atoms with Gasteiger partial charge in [-0.3, -0.25) is 14.4 Å². The Labute approximate surface area is 199 Å². The molecule has 180 valence electrons. The van der Waals surface area contributed by atoms with Crippen molar-refractivity contribution in [1.82, 2.24) is 15.5 Å². The molecule has 4 rings (SSSR count). The maximum Gasteiger partial charge on any atom is 0.251 e. The summed E-state index contributed by atoms with van der Waals surface area (Å²) in [5.74, 6) is -0.761. The first-order valence-electron chi connectivity index (χ1n) is 11.8. The first-order valence-corrected chi connectivity index (χ1v) is 11.8. The third-order valence-electron chi connectivity index (χ3n) is 7.01. The fourth-order valence-corrected chi connectivity index (χ4v) is 4.96. The van der Waals surface area contributed by atoms with Gasteiger partial charge >= 0.3 is 0 Å². The van der Waals surface area contributed by atoms with Crippen LogP contribution < -0.4 is 16.4 Å². The van der Waals surface area contributed by atoms with E-state index in [1.165, 1.54) is 11.1 Å². The summed E-state index contributed by atoms with van der Waals surface area (Å²) in [6, 6.07) is 12.9. The molecule has 2 aliphatic heterocycles. The Morgan fingerprint density at radius 1 is 1.15 bits per heavy atom. The number of hydrogen-bond acceptors (Lipinski definition) is 5. The van der Waals surface area contributed by atoms with Crippen molar-refractivity contribution in [3.8, 4) is 0 Å². The van der Waals surface area contributed by atoms with Crippen LogP contribution in [-0.4, -0.2) is 59.5 Å². The van der Waals surface area contributed by atoms with E-state index < -0.39 is 12.0 Å². The largest absolute Gasteiger partial charge is 0.390 e.